The number of nitrogens with zero attached hydrogens (tertiary/aromatic N) is 2. The van der Waals surface area contributed by atoms with Crippen molar-refractivity contribution in [1.82, 2.24) is 10.3 Å². The maximum Gasteiger partial charge on any atom is 0.408 e. The van der Waals surface area contributed by atoms with Crippen LogP contribution in [0, 0.1) is 0 Å². The molecule has 0 bridgehead atoms. The molecule has 2 unspecified atom stereocenters. The van der Waals surface area contributed by atoms with Crippen LogP contribution in [0.1, 0.15) is 31.1 Å². The molecule has 0 radical (unpaired) electrons. The summed E-state index contributed by atoms with van der Waals surface area (Å²) in [7, 11) is 1.88. The predicted octanol–water partition coefficient (Wildman–Crippen LogP) is 2.34. The summed E-state index contributed by atoms with van der Waals surface area (Å²) < 4.78 is 5.02. The summed E-state index contributed by atoms with van der Waals surface area (Å²) in [6, 6.07) is 10.9. The molecule has 0 spiro atoms. The number of aliphatic hydroxyl groups is 1. The molecule has 8 heteroatoms. The highest BCUT2D eigenvalue weighted by atomic mass is 16.5. The second kappa shape index (κ2) is 9.70. The van der Waals surface area contributed by atoms with Crippen LogP contribution < -0.4 is 10.2 Å². The normalized spacial score (nSPS) is 12.9. The molecule has 3 N–H and O–H groups in total. The van der Waals surface area contributed by atoms with Gasteiger partial charge in [-0.15, -0.1) is 0 Å². The molecule has 28 heavy (non-hydrogen) atoms. The number of rotatable bonds is 8. The molecule has 0 aliphatic rings. The van der Waals surface area contributed by atoms with Gasteiger partial charge in [-0.2, -0.15) is 0 Å². The fourth-order valence-electron chi connectivity index (χ4n) is 2.41. The Bertz CT molecular complexity index is 780. The van der Waals surface area contributed by atoms with Gasteiger partial charge >= 0.3 is 12.1 Å². The van der Waals surface area contributed by atoms with Crippen molar-refractivity contribution < 1.29 is 24.5 Å². The summed E-state index contributed by atoms with van der Waals surface area (Å²) in [4.78, 5) is 29.7. The van der Waals surface area contributed by atoms with Crippen LogP contribution in [-0.2, 0) is 16.1 Å². The van der Waals surface area contributed by atoms with E-state index in [1.165, 1.54) is 6.20 Å². The van der Waals surface area contributed by atoms with Gasteiger partial charge in [0, 0.05) is 24.8 Å². The van der Waals surface area contributed by atoms with Crippen molar-refractivity contribution in [1.29, 1.82) is 0 Å². The van der Waals surface area contributed by atoms with Gasteiger partial charge in [-0.25, -0.2) is 14.6 Å². The zero-order chi connectivity index (χ0) is 20.7. The number of alkyl carbamates (subject to hydrolysis) is 1. The van der Waals surface area contributed by atoms with Gasteiger partial charge in [0.25, 0.3) is 0 Å². The highest BCUT2D eigenvalue weighted by molar-refractivity contribution is 5.80. The van der Waals surface area contributed by atoms with Gasteiger partial charge in [-0.3, -0.25) is 0 Å². The number of carbonyl (C=O) groups is 2. The lowest BCUT2D eigenvalue weighted by Gasteiger charge is -2.24. The summed E-state index contributed by atoms with van der Waals surface area (Å²) in [5.74, 6) is -0.694. The second-order valence-corrected chi connectivity index (χ2v) is 6.62. The van der Waals surface area contributed by atoms with E-state index in [0.29, 0.717) is 5.82 Å². The minimum absolute atomic E-state index is 0.00705. The molecule has 1 amide bonds. The van der Waals surface area contributed by atoms with E-state index >= 15 is 0 Å². The Balaban J connectivity index is 2.02. The van der Waals surface area contributed by atoms with Gasteiger partial charge in [0.05, 0.1) is 0 Å². The lowest BCUT2D eigenvalue weighted by atomic mass is 10.0. The number of hydrogen-bond acceptors (Lipinski definition) is 6. The average Bonchev–Trinajstić information content (AvgIpc) is 2.70. The van der Waals surface area contributed by atoms with Gasteiger partial charge in [0.2, 0.25) is 0 Å². The van der Waals surface area contributed by atoms with Crippen LogP contribution in [0.25, 0.3) is 0 Å². The molecule has 2 atom stereocenters. The number of amides is 1. The third kappa shape index (κ3) is 5.68. The van der Waals surface area contributed by atoms with Gasteiger partial charge in [-0.1, -0.05) is 36.4 Å². The van der Waals surface area contributed by atoms with Crippen molar-refractivity contribution in [2.45, 2.75) is 38.6 Å². The molecule has 1 aromatic carbocycles. The third-order valence-corrected chi connectivity index (χ3v) is 4.32. The Labute approximate surface area is 163 Å². The number of aliphatic hydroxyl groups excluding tert-OH is 1. The fraction of sp³-hybridized carbons (Fsp3) is 0.350. The minimum atomic E-state index is -1.57. The smallest absolute Gasteiger partial charge is 0.408 e. The highest BCUT2D eigenvalue weighted by Gasteiger charge is 2.30. The zero-order valence-electron chi connectivity index (χ0n) is 16.1. The molecule has 0 aliphatic heterocycles. The first-order chi connectivity index (χ1) is 13.3. The molecular weight excluding hydrogens is 362 g/mol. The SMILES string of the molecule is CC(C)N(C)c1ccc(C(O)C(NC(=O)OCc2ccccc2)C(=O)O)cn1. The van der Waals surface area contributed by atoms with E-state index in [2.05, 4.69) is 10.3 Å². The van der Waals surface area contributed by atoms with Gasteiger partial charge in [0.1, 0.15) is 18.5 Å². The predicted molar refractivity (Wildman–Crippen MR) is 104 cm³/mol. The maximum absolute atomic E-state index is 12.0. The van der Waals surface area contributed by atoms with Crippen LogP contribution in [0.5, 0.6) is 0 Å². The Kier molecular flexibility index (Phi) is 7.34. The zero-order valence-corrected chi connectivity index (χ0v) is 16.1. The van der Waals surface area contributed by atoms with E-state index in [9.17, 15) is 19.8 Å². The number of benzene rings is 1. The number of carbonyl (C=O) groups excluding carboxylic acids is 1. The van der Waals surface area contributed by atoms with Crippen molar-refractivity contribution >= 4 is 17.9 Å². The second-order valence-electron chi connectivity index (χ2n) is 6.62. The summed E-state index contributed by atoms with van der Waals surface area (Å²) in [5.41, 5.74) is 1.04. The molecule has 150 valence electrons. The number of nitrogens with one attached hydrogen (secondary N) is 1. The van der Waals surface area contributed by atoms with E-state index in [0.717, 1.165) is 5.56 Å². The van der Waals surface area contributed by atoms with Crippen molar-refractivity contribution in [2.75, 3.05) is 11.9 Å². The molecule has 1 heterocycles. The molecule has 2 rings (SSSR count). The Morgan fingerprint density at radius 1 is 1.18 bits per heavy atom. The van der Waals surface area contributed by atoms with Crippen LogP contribution in [-0.4, -0.2) is 46.4 Å². The Morgan fingerprint density at radius 2 is 1.86 bits per heavy atom. The average molecular weight is 387 g/mol. The van der Waals surface area contributed by atoms with Crippen LogP contribution in [0.3, 0.4) is 0 Å². The Hall–Kier alpha value is -3.13. The van der Waals surface area contributed by atoms with Crippen LogP contribution in [0.15, 0.2) is 48.7 Å². The van der Waals surface area contributed by atoms with Gasteiger partial charge in [-0.05, 0) is 25.5 Å². The van der Waals surface area contributed by atoms with Crippen LogP contribution in [0.4, 0.5) is 10.6 Å². The first-order valence-electron chi connectivity index (χ1n) is 8.86. The Morgan fingerprint density at radius 3 is 2.39 bits per heavy atom. The number of aliphatic carboxylic acids is 1. The number of anilines is 1. The fourth-order valence-corrected chi connectivity index (χ4v) is 2.41. The number of carboxylic acids is 1. The van der Waals surface area contributed by atoms with E-state index in [1.54, 1.807) is 36.4 Å². The lowest BCUT2D eigenvalue weighted by Crippen LogP contribution is -2.45. The van der Waals surface area contributed by atoms with Crippen LogP contribution >= 0.6 is 0 Å². The summed E-state index contributed by atoms with van der Waals surface area (Å²) >= 11 is 0. The monoisotopic (exact) mass is 387 g/mol. The van der Waals surface area contributed by atoms with Gasteiger partial charge in [0.15, 0.2) is 6.04 Å². The maximum atomic E-state index is 12.0. The molecule has 8 nitrogen and oxygen atoms in total. The van der Waals surface area contributed by atoms with E-state index < -0.39 is 24.2 Å². The highest BCUT2D eigenvalue weighted by Crippen LogP contribution is 2.20. The van der Waals surface area contributed by atoms with E-state index in [1.807, 2.05) is 31.9 Å². The van der Waals surface area contributed by atoms with Crippen molar-refractivity contribution in [2.24, 2.45) is 0 Å². The number of ether oxygens (including phenoxy) is 1. The topological polar surface area (TPSA) is 112 Å². The molecule has 1 aromatic heterocycles. The standard InChI is InChI=1S/C20H25N3O5/c1-13(2)23(3)16-10-9-15(11-21-16)18(24)17(19(25)26)22-20(27)28-12-14-7-5-4-6-8-14/h4-11,13,17-18,24H,12H2,1-3H3,(H,22,27)(H,25,26). The molecule has 2 aromatic rings. The number of pyridine rings is 1. The molecular formula is C20H25N3O5. The molecule has 0 saturated heterocycles. The molecule has 0 fully saturated rings. The van der Waals surface area contributed by atoms with Crippen molar-refractivity contribution in [3.05, 3.63) is 59.8 Å². The number of hydrogen-bond donors (Lipinski definition) is 3. The third-order valence-electron chi connectivity index (χ3n) is 4.32. The van der Waals surface area contributed by atoms with Gasteiger partial charge < -0.3 is 25.2 Å². The minimum Gasteiger partial charge on any atom is -0.480 e. The summed E-state index contributed by atoms with van der Waals surface area (Å²) in [5, 5.41) is 22.0. The number of carboxylic acid groups (broad SMARTS) is 1. The van der Waals surface area contributed by atoms with Crippen molar-refractivity contribution in [3.8, 4) is 0 Å². The largest absolute Gasteiger partial charge is 0.480 e. The molecule has 0 aliphatic carbocycles. The van der Waals surface area contributed by atoms with Crippen LogP contribution in [0.2, 0.25) is 0 Å². The first-order valence-corrected chi connectivity index (χ1v) is 8.86. The lowest BCUT2D eigenvalue weighted by molar-refractivity contribution is -0.142. The number of aromatic nitrogens is 1. The molecule has 0 saturated carbocycles. The van der Waals surface area contributed by atoms with Crippen molar-refractivity contribution in [3.63, 3.8) is 0 Å². The quantitative estimate of drug-likeness (QED) is 0.637. The first kappa shape index (κ1) is 21.2. The summed E-state index contributed by atoms with van der Waals surface area (Å²) in [6.07, 6.45) is -1.02. The van der Waals surface area contributed by atoms with E-state index in [4.69, 9.17) is 4.74 Å². The van der Waals surface area contributed by atoms with E-state index in [-0.39, 0.29) is 18.2 Å². The summed E-state index contributed by atoms with van der Waals surface area (Å²) in [6.45, 7) is 4.01.